The summed E-state index contributed by atoms with van der Waals surface area (Å²) in [6, 6.07) is 11.6. The molecule has 1 amide bonds. The molecule has 0 fully saturated rings. The minimum absolute atomic E-state index is 0.117. The molecular weight excluding hydrogens is 323 g/mol. The molecule has 2 N–H and O–H groups in total. The molecular formula is C15H14BrFN2O. The zero-order chi connectivity index (χ0) is 14.5. The van der Waals surface area contributed by atoms with E-state index in [0.29, 0.717) is 5.69 Å². The third-order valence-electron chi connectivity index (χ3n) is 2.70. The Morgan fingerprint density at radius 3 is 2.55 bits per heavy atom. The van der Waals surface area contributed by atoms with Gasteiger partial charge in [0.05, 0.1) is 12.2 Å². The number of rotatable bonds is 4. The average molecular weight is 337 g/mol. The lowest BCUT2D eigenvalue weighted by molar-refractivity contribution is -0.114. The third kappa shape index (κ3) is 4.06. The van der Waals surface area contributed by atoms with E-state index < -0.39 is 0 Å². The van der Waals surface area contributed by atoms with Crippen LogP contribution in [0.4, 0.5) is 15.8 Å². The van der Waals surface area contributed by atoms with Crippen molar-refractivity contribution in [1.82, 2.24) is 0 Å². The molecule has 5 heteroatoms. The number of hydrogen-bond acceptors (Lipinski definition) is 2. The van der Waals surface area contributed by atoms with Crippen LogP contribution in [0.15, 0.2) is 46.9 Å². The quantitative estimate of drug-likeness (QED) is 0.887. The molecule has 2 aromatic carbocycles. The van der Waals surface area contributed by atoms with Crippen LogP contribution in [0, 0.1) is 12.7 Å². The Morgan fingerprint density at radius 1 is 1.20 bits per heavy atom. The Kier molecular flexibility index (Phi) is 4.74. The van der Waals surface area contributed by atoms with Gasteiger partial charge in [-0.05, 0) is 64.8 Å². The number of nitrogens with one attached hydrogen (secondary N) is 2. The van der Waals surface area contributed by atoms with E-state index in [9.17, 15) is 9.18 Å². The highest BCUT2D eigenvalue weighted by Gasteiger charge is 2.05. The van der Waals surface area contributed by atoms with Gasteiger partial charge in [0.15, 0.2) is 0 Å². The number of aryl methyl sites for hydroxylation is 1. The van der Waals surface area contributed by atoms with E-state index in [-0.39, 0.29) is 18.3 Å². The SMILES string of the molecule is Cc1ccc(NC(=O)CNc2ccc(F)cc2)c(Br)c1. The fourth-order valence-corrected chi connectivity index (χ4v) is 2.26. The fraction of sp³-hybridized carbons (Fsp3) is 0.133. The summed E-state index contributed by atoms with van der Waals surface area (Å²) in [7, 11) is 0. The second-order valence-electron chi connectivity index (χ2n) is 4.39. The highest BCUT2D eigenvalue weighted by Crippen LogP contribution is 2.23. The Balaban J connectivity index is 1.90. The van der Waals surface area contributed by atoms with E-state index in [1.54, 1.807) is 12.1 Å². The highest BCUT2D eigenvalue weighted by molar-refractivity contribution is 9.10. The average Bonchev–Trinajstić information content (AvgIpc) is 2.41. The van der Waals surface area contributed by atoms with Gasteiger partial charge in [0, 0.05) is 10.2 Å². The summed E-state index contributed by atoms with van der Waals surface area (Å²) < 4.78 is 13.6. The van der Waals surface area contributed by atoms with Gasteiger partial charge in [0.2, 0.25) is 5.91 Å². The van der Waals surface area contributed by atoms with Crippen molar-refractivity contribution < 1.29 is 9.18 Å². The predicted molar refractivity (Wildman–Crippen MR) is 82.4 cm³/mol. The summed E-state index contributed by atoms with van der Waals surface area (Å²) >= 11 is 3.40. The molecule has 104 valence electrons. The normalized spacial score (nSPS) is 10.2. The number of halogens is 2. The lowest BCUT2D eigenvalue weighted by atomic mass is 10.2. The minimum atomic E-state index is -0.302. The van der Waals surface area contributed by atoms with Gasteiger partial charge >= 0.3 is 0 Å². The van der Waals surface area contributed by atoms with Crippen LogP contribution >= 0.6 is 15.9 Å². The smallest absolute Gasteiger partial charge is 0.243 e. The Labute approximate surface area is 125 Å². The molecule has 0 unspecified atom stereocenters. The summed E-state index contributed by atoms with van der Waals surface area (Å²) in [5, 5.41) is 5.73. The molecule has 0 aliphatic carbocycles. The van der Waals surface area contributed by atoms with Crippen LogP contribution in [0.1, 0.15) is 5.56 Å². The number of anilines is 2. The molecule has 0 aliphatic rings. The first-order valence-electron chi connectivity index (χ1n) is 6.10. The number of carbonyl (C=O) groups is 1. The van der Waals surface area contributed by atoms with Gasteiger partial charge in [-0.25, -0.2) is 4.39 Å². The van der Waals surface area contributed by atoms with E-state index in [2.05, 4.69) is 26.6 Å². The molecule has 0 spiro atoms. The summed E-state index contributed by atoms with van der Waals surface area (Å²) in [6.45, 7) is 2.10. The Bertz CT molecular complexity index is 614. The van der Waals surface area contributed by atoms with Crippen molar-refractivity contribution >= 4 is 33.2 Å². The van der Waals surface area contributed by atoms with Gasteiger partial charge < -0.3 is 10.6 Å². The first-order valence-corrected chi connectivity index (χ1v) is 6.89. The van der Waals surface area contributed by atoms with Crippen LogP contribution in [0.3, 0.4) is 0 Å². The molecule has 0 bridgehead atoms. The molecule has 0 radical (unpaired) electrons. The monoisotopic (exact) mass is 336 g/mol. The number of hydrogen-bond donors (Lipinski definition) is 2. The highest BCUT2D eigenvalue weighted by atomic mass is 79.9. The maximum atomic E-state index is 12.7. The van der Waals surface area contributed by atoms with Gasteiger partial charge in [-0.15, -0.1) is 0 Å². The predicted octanol–water partition coefficient (Wildman–Crippen LogP) is 3.95. The van der Waals surface area contributed by atoms with Gasteiger partial charge in [0.1, 0.15) is 5.82 Å². The van der Waals surface area contributed by atoms with Gasteiger partial charge in [-0.2, -0.15) is 0 Å². The molecule has 0 atom stereocenters. The summed E-state index contributed by atoms with van der Waals surface area (Å²) in [5.41, 5.74) is 2.53. The number of benzene rings is 2. The molecule has 3 nitrogen and oxygen atoms in total. The van der Waals surface area contributed by atoms with Crippen molar-refractivity contribution in [2.45, 2.75) is 6.92 Å². The summed E-state index contributed by atoms with van der Waals surface area (Å²) in [5.74, 6) is -0.470. The lowest BCUT2D eigenvalue weighted by Gasteiger charge is -2.09. The van der Waals surface area contributed by atoms with Crippen molar-refractivity contribution in [2.75, 3.05) is 17.2 Å². The summed E-state index contributed by atoms with van der Waals surface area (Å²) in [6.07, 6.45) is 0. The second-order valence-corrected chi connectivity index (χ2v) is 5.25. The van der Waals surface area contributed by atoms with Crippen molar-refractivity contribution in [3.8, 4) is 0 Å². The van der Waals surface area contributed by atoms with Crippen LogP contribution in [0.5, 0.6) is 0 Å². The van der Waals surface area contributed by atoms with Gasteiger partial charge in [0.25, 0.3) is 0 Å². The number of carbonyl (C=O) groups excluding carboxylic acids is 1. The van der Waals surface area contributed by atoms with Crippen molar-refractivity contribution in [3.63, 3.8) is 0 Å². The van der Waals surface area contributed by atoms with Crippen LogP contribution in [-0.2, 0) is 4.79 Å². The van der Waals surface area contributed by atoms with Crippen LogP contribution in [0.25, 0.3) is 0 Å². The fourth-order valence-electron chi connectivity index (χ4n) is 1.67. The molecule has 0 saturated carbocycles. The van der Waals surface area contributed by atoms with E-state index >= 15 is 0 Å². The van der Waals surface area contributed by atoms with Gasteiger partial charge in [-0.3, -0.25) is 4.79 Å². The zero-order valence-corrected chi connectivity index (χ0v) is 12.5. The minimum Gasteiger partial charge on any atom is -0.376 e. The molecule has 20 heavy (non-hydrogen) atoms. The number of amides is 1. The zero-order valence-electron chi connectivity index (χ0n) is 10.9. The second kappa shape index (κ2) is 6.52. The Morgan fingerprint density at radius 2 is 1.90 bits per heavy atom. The topological polar surface area (TPSA) is 41.1 Å². The maximum absolute atomic E-state index is 12.7. The summed E-state index contributed by atoms with van der Waals surface area (Å²) in [4.78, 5) is 11.8. The van der Waals surface area contributed by atoms with E-state index in [0.717, 1.165) is 15.7 Å². The molecule has 2 aromatic rings. The molecule has 0 aromatic heterocycles. The first kappa shape index (κ1) is 14.5. The standard InChI is InChI=1S/C15H14BrFN2O/c1-10-2-7-14(13(16)8-10)19-15(20)9-18-12-5-3-11(17)4-6-12/h2-8,18H,9H2,1H3,(H,19,20). The van der Waals surface area contributed by atoms with E-state index in [4.69, 9.17) is 0 Å². The van der Waals surface area contributed by atoms with Crippen molar-refractivity contribution in [2.24, 2.45) is 0 Å². The largest absolute Gasteiger partial charge is 0.376 e. The lowest BCUT2D eigenvalue weighted by Crippen LogP contribution is -2.21. The first-order chi connectivity index (χ1) is 9.54. The van der Waals surface area contributed by atoms with Crippen LogP contribution in [0.2, 0.25) is 0 Å². The Hall–Kier alpha value is -1.88. The molecule has 0 heterocycles. The van der Waals surface area contributed by atoms with Crippen LogP contribution < -0.4 is 10.6 Å². The van der Waals surface area contributed by atoms with Gasteiger partial charge in [-0.1, -0.05) is 6.07 Å². The van der Waals surface area contributed by atoms with E-state index in [1.807, 2.05) is 25.1 Å². The molecule has 0 saturated heterocycles. The molecule has 0 aliphatic heterocycles. The third-order valence-corrected chi connectivity index (χ3v) is 3.35. The van der Waals surface area contributed by atoms with Crippen molar-refractivity contribution in [3.05, 3.63) is 58.3 Å². The van der Waals surface area contributed by atoms with Crippen LogP contribution in [-0.4, -0.2) is 12.5 Å². The van der Waals surface area contributed by atoms with Crippen molar-refractivity contribution in [1.29, 1.82) is 0 Å². The maximum Gasteiger partial charge on any atom is 0.243 e. The molecule has 2 rings (SSSR count). The van der Waals surface area contributed by atoms with E-state index in [1.165, 1.54) is 12.1 Å².